The molecular formula is C12H13N3OS. The number of rotatable bonds is 4. The number of hydrogen-bond donors (Lipinski definition) is 2. The molecule has 4 nitrogen and oxygen atoms in total. The number of aromatic nitrogens is 2. The molecule has 2 N–H and O–H groups in total. The Morgan fingerprint density at radius 1 is 1.53 bits per heavy atom. The predicted molar refractivity (Wildman–Crippen MR) is 68.5 cm³/mol. The van der Waals surface area contributed by atoms with E-state index < -0.39 is 0 Å². The Bertz CT molecular complexity index is 557. The summed E-state index contributed by atoms with van der Waals surface area (Å²) in [4.78, 5) is 18.7. The van der Waals surface area contributed by atoms with Crippen molar-refractivity contribution in [1.29, 1.82) is 0 Å². The van der Waals surface area contributed by atoms with Crippen LogP contribution in [-0.2, 0) is 6.54 Å². The molecule has 2 aromatic rings. The molecule has 0 aliphatic heterocycles. The van der Waals surface area contributed by atoms with Crippen LogP contribution < -0.4 is 10.9 Å². The van der Waals surface area contributed by atoms with Crippen molar-refractivity contribution >= 4 is 17.2 Å². The van der Waals surface area contributed by atoms with Crippen molar-refractivity contribution in [1.82, 2.24) is 9.97 Å². The number of nitrogens with zero attached hydrogens (tertiary/aromatic N) is 1. The third-order valence-corrected chi connectivity index (χ3v) is 3.51. The molecule has 0 bridgehead atoms. The van der Waals surface area contributed by atoms with Crippen LogP contribution in [0.4, 0.5) is 5.82 Å². The van der Waals surface area contributed by atoms with Crippen LogP contribution in [0.25, 0.3) is 0 Å². The lowest BCUT2D eigenvalue weighted by Gasteiger charge is -2.05. The minimum Gasteiger partial charge on any atom is -0.366 e. The van der Waals surface area contributed by atoms with Crippen molar-refractivity contribution in [2.75, 3.05) is 5.32 Å². The van der Waals surface area contributed by atoms with Gasteiger partial charge in [0.25, 0.3) is 5.56 Å². The maximum Gasteiger partial charge on any atom is 0.252 e. The molecule has 0 radical (unpaired) electrons. The predicted octanol–water partition coefficient (Wildman–Crippen LogP) is 2.32. The Labute approximate surface area is 103 Å². The fourth-order valence-electron chi connectivity index (χ4n) is 1.70. The molecule has 0 saturated heterocycles. The maximum absolute atomic E-state index is 11.5. The van der Waals surface area contributed by atoms with E-state index >= 15 is 0 Å². The molecule has 1 aliphatic carbocycles. The fourth-order valence-corrected chi connectivity index (χ4v) is 2.37. The Hall–Kier alpha value is -1.62. The molecule has 2 aromatic heterocycles. The van der Waals surface area contributed by atoms with E-state index in [1.54, 1.807) is 11.3 Å². The number of H-pyrrole nitrogens is 1. The van der Waals surface area contributed by atoms with Crippen LogP contribution >= 0.6 is 11.3 Å². The van der Waals surface area contributed by atoms with Gasteiger partial charge in [0.05, 0.1) is 0 Å². The first kappa shape index (κ1) is 10.5. The van der Waals surface area contributed by atoms with E-state index in [1.165, 1.54) is 11.6 Å². The fraction of sp³-hybridized carbons (Fsp3) is 0.333. The molecule has 0 atom stereocenters. The quantitative estimate of drug-likeness (QED) is 0.871. The summed E-state index contributed by atoms with van der Waals surface area (Å²) in [7, 11) is 0. The zero-order valence-corrected chi connectivity index (χ0v) is 10.1. The molecule has 17 heavy (non-hydrogen) atoms. The van der Waals surface area contributed by atoms with Crippen molar-refractivity contribution in [3.63, 3.8) is 0 Å². The van der Waals surface area contributed by atoms with E-state index in [0.717, 1.165) is 18.7 Å². The Morgan fingerprint density at radius 3 is 3.12 bits per heavy atom. The molecule has 5 heteroatoms. The molecule has 0 amide bonds. The van der Waals surface area contributed by atoms with Crippen LogP contribution in [0.15, 0.2) is 27.7 Å². The molecule has 3 rings (SSSR count). The highest BCUT2D eigenvalue weighted by Gasteiger charge is 2.26. The highest BCUT2D eigenvalue weighted by molar-refractivity contribution is 7.07. The lowest BCUT2D eigenvalue weighted by atomic mass is 10.3. The molecule has 0 aromatic carbocycles. The van der Waals surface area contributed by atoms with Gasteiger partial charge < -0.3 is 10.3 Å². The smallest absolute Gasteiger partial charge is 0.252 e. The molecule has 0 unspecified atom stereocenters. The minimum atomic E-state index is -0.0743. The average Bonchev–Trinajstić information content (AvgIpc) is 3.04. The summed E-state index contributed by atoms with van der Waals surface area (Å²) in [6.45, 7) is 0.712. The van der Waals surface area contributed by atoms with E-state index in [9.17, 15) is 4.79 Å². The summed E-state index contributed by atoms with van der Waals surface area (Å²) >= 11 is 1.67. The van der Waals surface area contributed by atoms with Crippen molar-refractivity contribution < 1.29 is 0 Å². The van der Waals surface area contributed by atoms with Gasteiger partial charge in [-0.15, -0.1) is 0 Å². The largest absolute Gasteiger partial charge is 0.366 e. The second-order valence-corrected chi connectivity index (χ2v) is 5.06. The second-order valence-electron chi connectivity index (χ2n) is 4.28. The highest BCUT2D eigenvalue weighted by atomic mass is 32.1. The number of hydrogen-bond acceptors (Lipinski definition) is 4. The first-order chi connectivity index (χ1) is 8.31. The van der Waals surface area contributed by atoms with Crippen molar-refractivity contribution in [2.45, 2.75) is 25.3 Å². The summed E-state index contributed by atoms with van der Waals surface area (Å²) in [6, 6.07) is 3.57. The SMILES string of the molecule is O=c1cc(NCc2ccsc2)nc(C2CC2)[nH]1. The molecule has 88 valence electrons. The third kappa shape index (κ3) is 2.55. The Morgan fingerprint density at radius 2 is 2.41 bits per heavy atom. The maximum atomic E-state index is 11.5. The van der Waals surface area contributed by atoms with Gasteiger partial charge in [-0.2, -0.15) is 11.3 Å². The zero-order chi connectivity index (χ0) is 11.7. The second kappa shape index (κ2) is 4.33. The number of aromatic amines is 1. The monoisotopic (exact) mass is 247 g/mol. The number of nitrogens with one attached hydrogen (secondary N) is 2. The summed E-state index contributed by atoms with van der Waals surface area (Å²) in [5.74, 6) is 1.96. The molecule has 0 spiro atoms. The lowest BCUT2D eigenvalue weighted by molar-refractivity contribution is 0.904. The van der Waals surface area contributed by atoms with Crippen LogP contribution in [0, 0.1) is 0 Å². The summed E-state index contributed by atoms with van der Waals surface area (Å²) in [5, 5.41) is 7.31. The molecular weight excluding hydrogens is 234 g/mol. The van der Waals surface area contributed by atoms with Crippen LogP contribution in [0.5, 0.6) is 0 Å². The van der Waals surface area contributed by atoms with E-state index in [0.29, 0.717) is 18.3 Å². The Kier molecular flexibility index (Phi) is 2.68. The van der Waals surface area contributed by atoms with Gasteiger partial charge >= 0.3 is 0 Å². The summed E-state index contributed by atoms with van der Waals surface area (Å²) < 4.78 is 0. The van der Waals surface area contributed by atoms with Gasteiger partial charge in [-0.25, -0.2) is 4.98 Å². The zero-order valence-electron chi connectivity index (χ0n) is 9.27. The normalized spacial score (nSPS) is 14.8. The van der Waals surface area contributed by atoms with Gasteiger partial charge in [0.1, 0.15) is 11.6 Å². The van der Waals surface area contributed by atoms with Gasteiger partial charge in [0.2, 0.25) is 0 Å². The Balaban J connectivity index is 1.75. The summed E-state index contributed by atoms with van der Waals surface area (Å²) in [6.07, 6.45) is 2.27. The summed E-state index contributed by atoms with van der Waals surface area (Å²) in [5.41, 5.74) is 1.14. The van der Waals surface area contributed by atoms with Crippen molar-refractivity contribution in [3.05, 3.63) is 44.6 Å². The molecule has 1 fully saturated rings. The van der Waals surface area contributed by atoms with Gasteiger partial charge in [0, 0.05) is 18.5 Å². The van der Waals surface area contributed by atoms with Crippen LogP contribution in [-0.4, -0.2) is 9.97 Å². The third-order valence-electron chi connectivity index (χ3n) is 2.78. The van der Waals surface area contributed by atoms with Crippen LogP contribution in [0.1, 0.15) is 30.1 Å². The highest BCUT2D eigenvalue weighted by Crippen LogP contribution is 2.37. The lowest BCUT2D eigenvalue weighted by Crippen LogP contribution is -2.13. The standard InChI is InChI=1S/C12H13N3OS/c16-11-5-10(13-6-8-3-4-17-7-8)14-12(15-11)9-1-2-9/h3-5,7,9H,1-2,6H2,(H2,13,14,15,16). The number of thiophene rings is 1. The van der Waals surface area contributed by atoms with Gasteiger partial charge in [-0.05, 0) is 35.2 Å². The van der Waals surface area contributed by atoms with E-state index in [2.05, 4.69) is 26.7 Å². The first-order valence-electron chi connectivity index (χ1n) is 5.67. The van der Waals surface area contributed by atoms with Crippen molar-refractivity contribution in [2.24, 2.45) is 0 Å². The van der Waals surface area contributed by atoms with Crippen LogP contribution in [0.3, 0.4) is 0 Å². The molecule has 2 heterocycles. The molecule has 1 saturated carbocycles. The molecule has 1 aliphatic rings. The minimum absolute atomic E-state index is 0.0743. The van der Waals surface area contributed by atoms with Gasteiger partial charge in [-0.1, -0.05) is 0 Å². The van der Waals surface area contributed by atoms with Crippen molar-refractivity contribution in [3.8, 4) is 0 Å². The topological polar surface area (TPSA) is 57.8 Å². The van der Waals surface area contributed by atoms with E-state index in [-0.39, 0.29) is 5.56 Å². The van der Waals surface area contributed by atoms with E-state index in [1.807, 2.05) is 5.38 Å². The number of anilines is 1. The average molecular weight is 247 g/mol. The van der Waals surface area contributed by atoms with Crippen LogP contribution in [0.2, 0.25) is 0 Å². The first-order valence-corrected chi connectivity index (χ1v) is 6.62. The van der Waals surface area contributed by atoms with Gasteiger partial charge in [0.15, 0.2) is 0 Å². The van der Waals surface area contributed by atoms with Gasteiger partial charge in [-0.3, -0.25) is 4.79 Å². The van der Waals surface area contributed by atoms with E-state index in [4.69, 9.17) is 0 Å².